The molecule has 0 atom stereocenters. The summed E-state index contributed by atoms with van der Waals surface area (Å²) in [4.78, 5) is 15.1. The third kappa shape index (κ3) is 2.48. The molecule has 0 unspecified atom stereocenters. The molecule has 4 aromatic heterocycles. The predicted octanol–water partition coefficient (Wildman–Crippen LogP) is 6.61. The van der Waals surface area contributed by atoms with Crippen LogP contribution < -0.4 is 0 Å². The summed E-state index contributed by atoms with van der Waals surface area (Å²) in [5.41, 5.74) is 4.54. The molecule has 6 aromatic rings. The van der Waals surface area contributed by atoms with Crippen molar-refractivity contribution in [3.05, 3.63) is 72.7 Å². The van der Waals surface area contributed by atoms with Crippen LogP contribution in [0.5, 0.6) is 0 Å². The Morgan fingerprint density at radius 3 is 2.63 bits per heavy atom. The van der Waals surface area contributed by atoms with Crippen molar-refractivity contribution in [2.75, 3.05) is 0 Å². The van der Waals surface area contributed by atoms with Crippen LogP contribution in [0.25, 0.3) is 48.2 Å². The van der Waals surface area contributed by atoms with Gasteiger partial charge >= 0.3 is 0 Å². The molecule has 0 amide bonds. The van der Waals surface area contributed by atoms with Gasteiger partial charge in [0.05, 0.1) is 10.4 Å². The average Bonchev–Trinajstić information content (AvgIpc) is 3.28. The van der Waals surface area contributed by atoms with Crippen molar-refractivity contribution in [1.29, 1.82) is 0 Å². The van der Waals surface area contributed by atoms with Crippen molar-refractivity contribution in [2.24, 2.45) is 0 Å². The SMILES string of the molecule is CC(C)(C)c1cc(-c2nccc3c2sc2c3nc3ncccn32)cc2ccccc12. The number of hydrogen-bond donors (Lipinski definition) is 0. The Hall–Kier alpha value is -3.31. The van der Waals surface area contributed by atoms with Crippen molar-refractivity contribution in [1.82, 2.24) is 19.4 Å². The highest BCUT2D eigenvalue weighted by Gasteiger charge is 2.21. The molecule has 0 saturated heterocycles. The molecule has 0 N–H and O–H groups in total. The molecule has 2 aromatic carbocycles. The van der Waals surface area contributed by atoms with Crippen molar-refractivity contribution >= 4 is 48.3 Å². The summed E-state index contributed by atoms with van der Waals surface area (Å²) in [6, 6.07) is 17.2. The average molecular weight is 409 g/mol. The molecule has 0 aliphatic carbocycles. The second-order valence-corrected chi connectivity index (χ2v) is 9.69. The van der Waals surface area contributed by atoms with Crippen molar-refractivity contribution in [3.8, 4) is 11.3 Å². The topological polar surface area (TPSA) is 43.1 Å². The van der Waals surface area contributed by atoms with Gasteiger partial charge in [-0.2, -0.15) is 0 Å². The standard InChI is InChI=1S/C25H20N4S/c1-25(2,3)19-14-16(13-15-7-4-5-8-17(15)19)20-22-18(9-11-26-20)21-23(30-22)29-12-6-10-27-24(29)28-21/h4-14H,1-3H3. The van der Waals surface area contributed by atoms with Gasteiger partial charge in [0.15, 0.2) is 0 Å². The number of imidazole rings is 1. The van der Waals surface area contributed by atoms with Crippen LogP contribution in [0.2, 0.25) is 0 Å². The zero-order valence-corrected chi connectivity index (χ0v) is 17.9. The van der Waals surface area contributed by atoms with Gasteiger partial charge in [-0.3, -0.25) is 9.38 Å². The lowest BCUT2D eigenvalue weighted by Crippen LogP contribution is -2.12. The minimum absolute atomic E-state index is 0.0382. The van der Waals surface area contributed by atoms with Gasteiger partial charge in [-0.05, 0) is 46.0 Å². The number of aromatic nitrogens is 4. The molecule has 0 aliphatic heterocycles. The highest BCUT2D eigenvalue weighted by molar-refractivity contribution is 7.26. The highest BCUT2D eigenvalue weighted by atomic mass is 32.1. The Labute approximate surface area is 177 Å². The molecule has 6 rings (SSSR count). The first-order valence-corrected chi connectivity index (χ1v) is 10.9. The lowest BCUT2D eigenvalue weighted by molar-refractivity contribution is 0.596. The quantitative estimate of drug-likeness (QED) is 0.307. The second kappa shape index (κ2) is 6.09. The first-order valence-electron chi connectivity index (χ1n) is 10.0. The van der Waals surface area contributed by atoms with E-state index in [9.17, 15) is 0 Å². The van der Waals surface area contributed by atoms with E-state index in [4.69, 9.17) is 9.97 Å². The van der Waals surface area contributed by atoms with E-state index in [1.165, 1.54) is 21.0 Å². The summed E-state index contributed by atoms with van der Waals surface area (Å²) >= 11 is 1.74. The molecule has 0 fully saturated rings. The predicted molar refractivity (Wildman–Crippen MR) is 125 cm³/mol. The van der Waals surface area contributed by atoms with Crippen LogP contribution in [0.4, 0.5) is 0 Å². The van der Waals surface area contributed by atoms with Gasteiger partial charge < -0.3 is 0 Å². The van der Waals surface area contributed by atoms with Gasteiger partial charge in [0, 0.05) is 29.5 Å². The van der Waals surface area contributed by atoms with Crippen molar-refractivity contribution < 1.29 is 0 Å². The molecule has 30 heavy (non-hydrogen) atoms. The van der Waals surface area contributed by atoms with Gasteiger partial charge in [-0.25, -0.2) is 9.97 Å². The maximum absolute atomic E-state index is 4.82. The van der Waals surface area contributed by atoms with Crippen LogP contribution in [0.3, 0.4) is 0 Å². The van der Waals surface area contributed by atoms with E-state index >= 15 is 0 Å². The molecule has 4 nitrogen and oxygen atoms in total. The monoisotopic (exact) mass is 408 g/mol. The fourth-order valence-electron chi connectivity index (χ4n) is 4.25. The zero-order valence-electron chi connectivity index (χ0n) is 17.0. The number of nitrogens with zero attached hydrogens (tertiary/aromatic N) is 4. The molecule has 0 radical (unpaired) electrons. The summed E-state index contributed by atoms with van der Waals surface area (Å²) in [6.45, 7) is 6.81. The third-order valence-corrected chi connectivity index (χ3v) is 6.86. The maximum atomic E-state index is 4.82. The highest BCUT2D eigenvalue weighted by Crippen LogP contribution is 2.41. The number of pyridine rings is 1. The number of hydrogen-bond acceptors (Lipinski definition) is 4. The summed E-state index contributed by atoms with van der Waals surface area (Å²) in [5.74, 6) is 0.736. The minimum Gasteiger partial charge on any atom is -0.275 e. The van der Waals surface area contributed by atoms with E-state index in [2.05, 4.69) is 72.6 Å². The van der Waals surface area contributed by atoms with E-state index in [0.29, 0.717) is 0 Å². The molecular formula is C25H20N4S. The lowest BCUT2D eigenvalue weighted by atomic mass is 9.82. The number of thiophene rings is 1. The largest absolute Gasteiger partial charge is 0.275 e. The fraction of sp³-hybridized carbons (Fsp3) is 0.160. The molecule has 0 saturated carbocycles. The first kappa shape index (κ1) is 17.5. The van der Waals surface area contributed by atoms with Gasteiger partial charge in [-0.1, -0.05) is 45.0 Å². The van der Waals surface area contributed by atoms with Gasteiger partial charge in [-0.15, -0.1) is 11.3 Å². The molecular weight excluding hydrogens is 388 g/mol. The van der Waals surface area contributed by atoms with E-state index in [1.807, 2.05) is 18.5 Å². The zero-order chi connectivity index (χ0) is 20.5. The Kier molecular flexibility index (Phi) is 3.56. The van der Waals surface area contributed by atoms with Crippen LogP contribution in [-0.2, 0) is 5.41 Å². The van der Waals surface area contributed by atoms with Crippen molar-refractivity contribution in [2.45, 2.75) is 26.2 Å². The molecule has 0 bridgehead atoms. The Morgan fingerprint density at radius 2 is 1.77 bits per heavy atom. The van der Waals surface area contributed by atoms with Gasteiger partial charge in [0.2, 0.25) is 5.78 Å². The van der Waals surface area contributed by atoms with Crippen LogP contribution in [0.15, 0.2) is 67.1 Å². The van der Waals surface area contributed by atoms with E-state index in [0.717, 1.165) is 32.8 Å². The summed E-state index contributed by atoms with van der Waals surface area (Å²) in [5, 5.41) is 3.69. The molecule has 0 aliphatic rings. The summed E-state index contributed by atoms with van der Waals surface area (Å²) in [7, 11) is 0. The minimum atomic E-state index is 0.0382. The van der Waals surface area contributed by atoms with Gasteiger partial charge in [0.1, 0.15) is 10.3 Å². The van der Waals surface area contributed by atoms with Gasteiger partial charge in [0.25, 0.3) is 0 Å². The smallest absolute Gasteiger partial charge is 0.235 e. The van der Waals surface area contributed by atoms with Crippen LogP contribution in [0.1, 0.15) is 26.3 Å². The number of fused-ring (bicyclic) bond motifs is 6. The van der Waals surface area contributed by atoms with E-state index < -0.39 is 0 Å². The lowest BCUT2D eigenvalue weighted by Gasteiger charge is -2.22. The number of benzene rings is 2. The molecule has 146 valence electrons. The second-order valence-electron chi connectivity index (χ2n) is 8.69. The van der Waals surface area contributed by atoms with E-state index in [-0.39, 0.29) is 5.41 Å². The maximum Gasteiger partial charge on any atom is 0.235 e. The summed E-state index contributed by atoms with van der Waals surface area (Å²) in [6.07, 6.45) is 5.70. The summed E-state index contributed by atoms with van der Waals surface area (Å²) < 4.78 is 3.23. The third-order valence-electron chi connectivity index (χ3n) is 5.66. The normalized spacial score (nSPS) is 12.5. The van der Waals surface area contributed by atoms with Crippen LogP contribution in [-0.4, -0.2) is 19.4 Å². The Morgan fingerprint density at radius 1 is 0.900 bits per heavy atom. The Bertz CT molecular complexity index is 1580. The van der Waals surface area contributed by atoms with Crippen LogP contribution in [0, 0.1) is 0 Å². The van der Waals surface area contributed by atoms with E-state index in [1.54, 1.807) is 17.5 Å². The fourth-order valence-corrected chi connectivity index (χ4v) is 5.48. The molecule has 0 spiro atoms. The van der Waals surface area contributed by atoms with Crippen molar-refractivity contribution in [3.63, 3.8) is 0 Å². The van der Waals surface area contributed by atoms with Crippen LogP contribution >= 0.6 is 11.3 Å². The molecule has 4 heterocycles. The first-order chi connectivity index (χ1) is 14.5. The number of rotatable bonds is 1. The molecule has 5 heteroatoms. The Balaban J connectivity index is 1.69.